The molecular formula is C38H54O. The van der Waals surface area contributed by atoms with Gasteiger partial charge in [0, 0.05) is 5.56 Å². The Balaban J connectivity index is 1.72. The largest absolute Gasteiger partial charge is 0.508 e. The molecule has 0 aliphatic rings. The van der Waals surface area contributed by atoms with Gasteiger partial charge < -0.3 is 5.11 Å². The minimum Gasteiger partial charge on any atom is -0.508 e. The van der Waals surface area contributed by atoms with Crippen molar-refractivity contribution in [2.24, 2.45) is 0 Å². The number of phenolic OH excluding ortho intramolecular Hbond substituents is 1. The smallest absolute Gasteiger partial charge is 0.119 e. The molecule has 0 aliphatic heterocycles. The molecule has 0 bridgehead atoms. The van der Waals surface area contributed by atoms with Crippen molar-refractivity contribution in [2.45, 2.75) is 129 Å². The Morgan fingerprint density at radius 3 is 1.49 bits per heavy atom. The number of hydrogen-bond donors (Lipinski definition) is 1. The fourth-order valence-corrected chi connectivity index (χ4v) is 6.25. The molecule has 0 saturated heterocycles. The highest BCUT2D eigenvalue weighted by molar-refractivity contribution is 5.45. The van der Waals surface area contributed by atoms with Crippen LogP contribution in [0.4, 0.5) is 0 Å². The van der Waals surface area contributed by atoms with E-state index in [0.29, 0.717) is 11.7 Å². The fourth-order valence-electron chi connectivity index (χ4n) is 6.25. The van der Waals surface area contributed by atoms with E-state index in [2.05, 4.69) is 82.3 Å². The highest BCUT2D eigenvalue weighted by Crippen LogP contribution is 2.37. The number of aryl methyl sites for hydroxylation is 2. The summed E-state index contributed by atoms with van der Waals surface area (Å²) in [5.41, 5.74) is 8.34. The molecule has 212 valence electrons. The molecule has 0 saturated carbocycles. The van der Waals surface area contributed by atoms with Gasteiger partial charge in [0.05, 0.1) is 0 Å². The molecule has 39 heavy (non-hydrogen) atoms. The second-order valence-electron chi connectivity index (χ2n) is 11.9. The zero-order valence-electron chi connectivity index (χ0n) is 25.4. The van der Waals surface area contributed by atoms with Gasteiger partial charge >= 0.3 is 0 Å². The number of hydrogen-bond acceptors (Lipinski definition) is 1. The first-order valence-electron chi connectivity index (χ1n) is 16.0. The number of rotatable bonds is 18. The average Bonchev–Trinajstić information content (AvgIpc) is 2.94. The SMILES string of the molecule is CCCCCCCc1ccccc1CC(C)c1cccc(O)c1C(C)Cc1ccccc1CCCCCCC. The maximum absolute atomic E-state index is 11.1. The van der Waals surface area contributed by atoms with Crippen LogP contribution in [0.15, 0.2) is 66.7 Å². The maximum Gasteiger partial charge on any atom is 0.119 e. The van der Waals surface area contributed by atoms with Crippen molar-refractivity contribution in [3.63, 3.8) is 0 Å². The van der Waals surface area contributed by atoms with Crippen LogP contribution >= 0.6 is 0 Å². The van der Waals surface area contributed by atoms with Crippen molar-refractivity contribution in [3.8, 4) is 5.75 Å². The predicted octanol–water partition coefficient (Wildman–Crippen LogP) is 11.1. The average molecular weight is 527 g/mol. The Bertz CT molecular complexity index is 1100. The molecule has 2 atom stereocenters. The minimum atomic E-state index is 0.263. The van der Waals surface area contributed by atoms with E-state index in [1.807, 2.05) is 12.1 Å². The summed E-state index contributed by atoms with van der Waals surface area (Å²) in [6.07, 6.45) is 17.5. The van der Waals surface area contributed by atoms with Crippen LogP contribution in [0.5, 0.6) is 5.75 Å². The lowest BCUT2D eigenvalue weighted by molar-refractivity contribution is 0.459. The Morgan fingerprint density at radius 1 is 0.513 bits per heavy atom. The summed E-state index contributed by atoms with van der Waals surface area (Å²) in [6, 6.07) is 24.2. The van der Waals surface area contributed by atoms with Crippen LogP contribution in [0.1, 0.15) is 137 Å². The molecule has 0 heterocycles. The van der Waals surface area contributed by atoms with Gasteiger partial charge in [-0.05, 0) is 84.2 Å². The highest BCUT2D eigenvalue weighted by atomic mass is 16.3. The second-order valence-corrected chi connectivity index (χ2v) is 11.9. The monoisotopic (exact) mass is 526 g/mol. The number of phenols is 1. The van der Waals surface area contributed by atoms with Gasteiger partial charge in [-0.15, -0.1) is 0 Å². The molecule has 0 aromatic heterocycles. The van der Waals surface area contributed by atoms with E-state index in [9.17, 15) is 5.11 Å². The van der Waals surface area contributed by atoms with Crippen LogP contribution < -0.4 is 0 Å². The molecule has 0 aliphatic carbocycles. The van der Waals surface area contributed by atoms with Crippen molar-refractivity contribution in [1.29, 1.82) is 0 Å². The zero-order valence-corrected chi connectivity index (χ0v) is 25.4. The maximum atomic E-state index is 11.1. The minimum absolute atomic E-state index is 0.263. The molecule has 1 nitrogen and oxygen atoms in total. The molecule has 0 amide bonds. The van der Waals surface area contributed by atoms with Gasteiger partial charge in [-0.3, -0.25) is 0 Å². The van der Waals surface area contributed by atoms with E-state index in [0.717, 1.165) is 24.8 Å². The lowest BCUT2D eigenvalue weighted by Gasteiger charge is -2.24. The first-order chi connectivity index (χ1) is 19.0. The van der Waals surface area contributed by atoms with E-state index in [1.165, 1.54) is 98.4 Å². The Labute approximate surface area is 240 Å². The first kappa shape index (κ1) is 31.0. The lowest BCUT2D eigenvalue weighted by atomic mass is 9.81. The summed E-state index contributed by atoms with van der Waals surface area (Å²) < 4.78 is 0. The third-order valence-electron chi connectivity index (χ3n) is 8.53. The van der Waals surface area contributed by atoms with Crippen molar-refractivity contribution in [1.82, 2.24) is 0 Å². The zero-order chi connectivity index (χ0) is 27.9. The molecule has 3 aromatic rings. The third kappa shape index (κ3) is 9.86. The standard InChI is InChI=1S/C38H54O/c1-5-7-9-11-13-20-32-22-15-17-24-34(32)28-30(3)36-26-19-27-37(39)38(36)31(4)29-35-25-18-16-23-33(35)21-14-12-10-8-6-2/h15-19,22-27,30-31,39H,5-14,20-21,28-29H2,1-4H3. The van der Waals surface area contributed by atoms with Gasteiger partial charge in [-0.1, -0.05) is 140 Å². The van der Waals surface area contributed by atoms with Gasteiger partial charge in [0.2, 0.25) is 0 Å². The van der Waals surface area contributed by atoms with Crippen LogP contribution in [0.2, 0.25) is 0 Å². The molecule has 1 heteroatoms. The van der Waals surface area contributed by atoms with Crippen molar-refractivity contribution >= 4 is 0 Å². The summed E-state index contributed by atoms with van der Waals surface area (Å²) in [5, 5.41) is 11.1. The topological polar surface area (TPSA) is 20.2 Å². The summed E-state index contributed by atoms with van der Waals surface area (Å²) in [4.78, 5) is 0. The normalized spacial score (nSPS) is 12.9. The molecule has 3 rings (SSSR count). The Morgan fingerprint density at radius 2 is 0.974 bits per heavy atom. The van der Waals surface area contributed by atoms with E-state index < -0.39 is 0 Å². The predicted molar refractivity (Wildman–Crippen MR) is 170 cm³/mol. The van der Waals surface area contributed by atoms with Gasteiger partial charge in [-0.25, -0.2) is 0 Å². The van der Waals surface area contributed by atoms with Crippen molar-refractivity contribution in [2.75, 3.05) is 0 Å². The van der Waals surface area contributed by atoms with Gasteiger partial charge in [0.25, 0.3) is 0 Å². The van der Waals surface area contributed by atoms with Crippen LogP contribution in [-0.4, -0.2) is 5.11 Å². The quantitative estimate of drug-likeness (QED) is 0.163. The number of aromatic hydroxyl groups is 1. The summed E-state index contributed by atoms with van der Waals surface area (Å²) in [7, 11) is 0. The second kappa shape index (κ2) is 17.2. The lowest BCUT2D eigenvalue weighted by Crippen LogP contribution is -2.09. The van der Waals surface area contributed by atoms with Gasteiger partial charge in [-0.2, -0.15) is 0 Å². The summed E-state index contributed by atoms with van der Waals surface area (Å²) in [6.45, 7) is 9.20. The summed E-state index contributed by atoms with van der Waals surface area (Å²) >= 11 is 0. The van der Waals surface area contributed by atoms with Crippen LogP contribution in [0.25, 0.3) is 0 Å². The van der Waals surface area contributed by atoms with Crippen molar-refractivity contribution in [3.05, 3.63) is 100 Å². The van der Waals surface area contributed by atoms with Crippen LogP contribution in [0.3, 0.4) is 0 Å². The summed E-state index contributed by atoms with van der Waals surface area (Å²) in [5.74, 6) is 1.07. The number of benzene rings is 3. The van der Waals surface area contributed by atoms with E-state index in [-0.39, 0.29) is 5.92 Å². The molecular weight excluding hydrogens is 472 g/mol. The van der Waals surface area contributed by atoms with Crippen LogP contribution in [-0.2, 0) is 25.7 Å². The van der Waals surface area contributed by atoms with Crippen LogP contribution in [0, 0.1) is 0 Å². The van der Waals surface area contributed by atoms with E-state index in [1.54, 1.807) is 0 Å². The van der Waals surface area contributed by atoms with E-state index in [4.69, 9.17) is 0 Å². The fraction of sp³-hybridized carbons (Fsp3) is 0.526. The van der Waals surface area contributed by atoms with E-state index >= 15 is 0 Å². The third-order valence-corrected chi connectivity index (χ3v) is 8.53. The van der Waals surface area contributed by atoms with Gasteiger partial charge in [0.1, 0.15) is 5.75 Å². The Hall–Kier alpha value is -2.54. The number of unbranched alkanes of at least 4 members (excludes halogenated alkanes) is 8. The van der Waals surface area contributed by atoms with Crippen molar-refractivity contribution < 1.29 is 5.11 Å². The Kier molecular flexibility index (Phi) is 13.7. The molecule has 0 radical (unpaired) electrons. The first-order valence-corrected chi connectivity index (χ1v) is 16.0. The molecule has 0 spiro atoms. The molecule has 1 N–H and O–H groups in total. The molecule has 0 fully saturated rings. The highest BCUT2D eigenvalue weighted by Gasteiger charge is 2.21. The molecule has 2 unspecified atom stereocenters. The van der Waals surface area contributed by atoms with Gasteiger partial charge in [0.15, 0.2) is 0 Å². The molecule has 3 aromatic carbocycles.